The minimum atomic E-state index is -0.579. The van der Waals surface area contributed by atoms with Crippen LogP contribution < -0.4 is 10.7 Å². The van der Waals surface area contributed by atoms with Crippen LogP contribution >= 0.6 is 15.9 Å². The molecule has 3 rings (SSSR count). The zero-order chi connectivity index (χ0) is 16.4. The lowest BCUT2D eigenvalue weighted by molar-refractivity contribution is 0.0524. The predicted molar refractivity (Wildman–Crippen MR) is 90.8 cm³/mol. The van der Waals surface area contributed by atoms with Crippen LogP contribution in [0.15, 0.2) is 27.9 Å². The number of hydrogen-bond acceptors (Lipinski definition) is 5. The van der Waals surface area contributed by atoms with Crippen molar-refractivity contribution in [3.63, 3.8) is 0 Å². The molecule has 7 heteroatoms. The molecule has 1 aliphatic heterocycles. The number of hydrogen-bond donors (Lipinski definition) is 1. The second-order valence-corrected chi connectivity index (χ2v) is 6.34. The molecule has 0 aliphatic carbocycles. The van der Waals surface area contributed by atoms with Crippen molar-refractivity contribution < 1.29 is 9.53 Å². The normalized spacial score (nSPS) is 18.1. The van der Waals surface area contributed by atoms with Crippen LogP contribution in [0.25, 0.3) is 10.9 Å². The summed E-state index contributed by atoms with van der Waals surface area (Å²) in [6.07, 6.45) is 5.33. The van der Waals surface area contributed by atoms with Gasteiger partial charge in [-0.25, -0.2) is 9.78 Å². The van der Waals surface area contributed by atoms with Gasteiger partial charge >= 0.3 is 5.97 Å². The quantitative estimate of drug-likeness (QED) is 0.653. The molecule has 1 N–H and O–H groups in total. The number of nitrogens with zero attached hydrogens (tertiary/aromatic N) is 2. The minimum Gasteiger partial charge on any atom is -0.462 e. The molecule has 0 saturated carbocycles. The van der Waals surface area contributed by atoms with Gasteiger partial charge in [-0.15, -0.1) is 0 Å². The van der Waals surface area contributed by atoms with Crippen LogP contribution in [0.4, 0.5) is 0 Å². The van der Waals surface area contributed by atoms with E-state index in [1.165, 1.54) is 0 Å². The lowest BCUT2D eigenvalue weighted by Gasteiger charge is -2.27. The molecule has 0 bridgehead atoms. The molecule has 0 aromatic carbocycles. The molecular formula is C16H18BrN3O3. The van der Waals surface area contributed by atoms with Crippen LogP contribution in [0.2, 0.25) is 0 Å². The number of aromatic nitrogens is 2. The highest BCUT2D eigenvalue weighted by Crippen LogP contribution is 2.23. The lowest BCUT2D eigenvalue weighted by atomic mass is 10.1. The van der Waals surface area contributed by atoms with Gasteiger partial charge in [-0.3, -0.25) is 4.79 Å². The van der Waals surface area contributed by atoms with E-state index in [4.69, 9.17) is 4.74 Å². The number of fused-ring (bicyclic) bond motifs is 1. The number of carbonyl (C=O) groups is 1. The zero-order valence-corrected chi connectivity index (χ0v) is 14.4. The maximum Gasteiger partial charge on any atom is 0.343 e. The first-order chi connectivity index (χ1) is 11.1. The highest BCUT2D eigenvalue weighted by molar-refractivity contribution is 9.10. The van der Waals surface area contributed by atoms with Crippen LogP contribution in [-0.4, -0.2) is 35.2 Å². The highest BCUT2D eigenvalue weighted by atomic mass is 79.9. The summed E-state index contributed by atoms with van der Waals surface area (Å²) < 4.78 is 7.58. The molecule has 1 fully saturated rings. The van der Waals surface area contributed by atoms with E-state index in [1.807, 2.05) is 4.57 Å². The zero-order valence-electron chi connectivity index (χ0n) is 12.8. The molecule has 0 spiro atoms. The second-order valence-electron chi connectivity index (χ2n) is 5.52. The maximum absolute atomic E-state index is 12.7. The number of ether oxygens (including phenoxy) is 1. The topological polar surface area (TPSA) is 73.2 Å². The van der Waals surface area contributed by atoms with Crippen LogP contribution in [0.3, 0.4) is 0 Å². The van der Waals surface area contributed by atoms with Gasteiger partial charge in [-0.05, 0) is 48.3 Å². The van der Waals surface area contributed by atoms with Gasteiger partial charge < -0.3 is 14.6 Å². The van der Waals surface area contributed by atoms with Crippen molar-refractivity contribution >= 4 is 32.8 Å². The first kappa shape index (κ1) is 16.1. The fraction of sp³-hybridized carbons (Fsp3) is 0.438. The van der Waals surface area contributed by atoms with Crippen molar-refractivity contribution in [3.05, 3.63) is 38.9 Å². The summed E-state index contributed by atoms with van der Waals surface area (Å²) >= 11 is 3.29. The fourth-order valence-corrected chi connectivity index (χ4v) is 3.28. The van der Waals surface area contributed by atoms with E-state index in [-0.39, 0.29) is 23.6 Å². The van der Waals surface area contributed by atoms with Gasteiger partial charge in [0.2, 0.25) is 5.43 Å². The van der Waals surface area contributed by atoms with Crippen LogP contribution in [0.5, 0.6) is 0 Å². The Morgan fingerprint density at radius 3 is 3.09 bits per heavy atom. The van der Waals surface area contributed by atoms with Gasteiger partial charge in [0.25, 0.3) is 0 Å². The number of halogens is 1. The first-order valence-corrected chi connectivity index (χ1v) is 8.49. The highest BCUT2D eigenvalue weighted by Gasteiger charge is 2.22. The summed E-state index contributed by atoms with van der Waals surface area (Å²) in [4.78, 5) is 29.0. The SMILES string of the molecule is CCOC(=O)c1cn([C@H]2CCCNC2)c2cnc(Br)cc2c1=O. The Morgan fingerprint density at radius 1 is 1.57 bits per heavy atom. The molecule has 1 aliphatic rings. The third-order valence-corrected chi connectivity index (χ3v) is 4.48. The monoisotopic (exact) mass is 379 g/mol. The van der Waals surface area contributed by atoms with Gasteiger partial charge in [0, 0.05) is 18.8 Å². The average molecular weight is 380 g/mol. The van der Waals surface area contributed by atoms with Gasteiger partial charge in [0.05, 0.1) is 23.7 Å². The standard InChI is InChI=1S/C16H18BrN3O3/c1-2-23-16(22)12-9-20(10-4-3-5-18-7-10)13-8-19-14(17)6-11(13)15(12)21/h6,8-10,18H,2-5,7H2,1H3/t10-/m0/s1. The van der Waals surface area contributed by atoms with Crippen molar-refractivity contribution in [1.82, 2.24) is 14.9 Å². The van der Waals surface area contributed by atoms with Crippen LogP contribution in [0, 0.1) is 0 Å². The molecule has 3 heterocycles. The Bertz CT molecular complexity index is 797. The molecule has 2 aromatic rings. The van der Waals surface area contributed by atoms with Gasteiger partial charge in [0.1, 0.15) is 10.2 Å². The van der Waals surface area contributed by atoms with Crippen LogP contribution in [-0.2, 0) is 4.74 Å². The summed E-state index contributed by atoms with van der Waals surface area (Å²) in [6.45, 7) is 3.75. The van der Waals surface area contributed by atoms with Crippen molar-refractivity contribution in [2.24, 2.45) is 0 Å². The van der Waals surface area contributed by atoms with Gasteiger partial charge in [-0.2, -0.15) is 0 Å². The number of pyridine rings is 2. The maximum atomic E-state index is 12.7. The first-order valence-electron chi connectivity index (χ1n) is 7.70. The molecule has 6 nitrogen and oxygen atoms in total. The van der Waals surface area contributed by atoms with Gasteiger partial charge in [0.15, 0.2) is 0 Å². The molecule has 0 unspecified atom stereocenters. The van der Waals surface area contributed by atoms with Crippen molar-refractivity contribution in [3.8, 4) is 0 Å². The molecule has 0 amide bonds. The van der Waals surface area contributed by atoms with Gasteiger partial charge in [-0.1, -0.05) is 0 Å². The van der Waals surface area contributed by atoms with E-state index in [2.05, 4.69) is 26.2 Å². The summed E-state index contributed by atoms with van der Waals surface area (Å²) in [5, 5.41) is 3.83. The number of piperidine rings is 1. The Morgan fingerprint density at radius 2 is 2.39 bits per heavy atom. The van der Waals surface area contributed by atoms with E-state index in [0.717, 1.165) is 31.4 Å². The molecule has 1 atom stereocenters. The molecular weight excluding hydrogens is 362 g/mol. The third-order valence-electron chi connectivity index (χ3n) is 4.04. The van der Waals surface area contributed by atoms with Crippen molar-refractivity contribution in [1.29, 1.82) is 0 Å². The van der Waals surface area contributed by atoms with Crippen LogP contribution in [0.1, 0.15) is 36.2 Å². The number of esters is 1. The second kappa shape index (κ2) is 6.80. The Kier molecular flexibility index (Phi) is 4.77. The Hall–Kier alpha value is -1.73. The lowest BCUT2D eigenvalue weighted by Crippen LogP contribution is -2.33. The molecule has 2 aromatic heterocycles. The summed E-state index contributed by atoms with van der Waals surface area (Å²) in [7, 11) is 0. The molecule has 0 radical (unpaired) electrons. The number of nitrogens with one attached hydrogen (secondary N) is 1. The Labute approximate surface area is 142 Å². The largest absolute Gasteiger partial charge is 0.462 e. The summed E-state index contributed by atoms with van der Waals surface area (Å²) in [5.41, 5.74) is 0.490. The predicted octanol–water partition coefficient (Wildman–Crippen LogP) is 2.26. The molecule has 23 heavy (non-hydrogen) atoms. The summed E-state index contributed by atoms with van der Waals surface area (Å²) in [6, 6.07) is 1.84. The third kappa shape index (κ3) is 3.16. The van der Waals surface area contributed by atoms with E-state index in [0.29, 0.717) is 9.99 Å². The average Bonchev–Trinajstić information content (AvgIpc) is 2.56. The van der Waals surface area contributed by atoms with E-state index in [9.17, 15) is 9.59 Å². The van der Waals surface area contributed by atoms with E-state index < -0.39 is 5.97 Å². The summed E-state index contributed by atoms with van der Waals surface area (Å²) in [5.74, 6) is -0.579. The van der Waals surface area contributed by atoms with Crippen molar-refractivity contribution in [2.45, 2.75) is 25.8 Å². The van der Waals surface area contributed by atoms with E-state index in [1.54, 1.807) is 25.4 Å². The molecule has 1 saturated heterocycles. The number of carbonyl (C=O) groups excluding carboxylic acids is 1. The van der Waals surface area contributed by atoms with E-state index >= 15 is 0 Å². The molecule has 122 valence electrons. The Balaban J connectivity index is 2.22. The minimum absolute atomic E-state index is 0.0722. The smallest absolute Gasteiger partial charge is 0.343 e. The fourth-order valence-electron chi connectivity index (χ4n) is 2.95. The number of rotatable bonds is 3. The van der Waals surface area contributed by atoms with Crippen molar-refractivity contribution in [2.75, 3.05) is 19.7 Å².